The molecule has 1 aromatic carbocycles. The standard InChI is InChI=1S/C19H17FN2O3/c1-13(14-8-10-21-11-9-14)22-19(23)18-7-6-17(25-18)12-24-16-4-2-15(20)3-5-16/h2-11,13H,12H2,1H3,(H,22,23)/t13-/m1/s1. The van der Waals surface area contributed by atoms with Gasteiger partial charge in [0.1, 0.15) is 23.9 Å². The molecular formula is C19H17FN2O3. The molecule has 0 aliphatic carbocycles. The third-order valence-corrected chi connectivity index (χ3v) is 3.63. The van der Waals surface area contributed by atoms with Crippen LogP contribution in [-0.4, -0.2) is 10.9 Å². The number of hydrogen-bond donors (Lipinski definition) is 1. The molecule has 1 atom stereocenters. The number of carbonyl (C=O) groups excluding carboxylic acids is 1. The Hall–Kier alpha value is -3.15. The number of aromatic nitrogens is 1. The van der Waals surface area contributed by atoms with E-state index in [9.17, 15) is 9.18 Å². The third-order valence-electron chi connectivity index (χ3n) is 3.63. The molecule has 5 nitrogen and oxygen atoms in total. The molecule has 2 aromatic heterocycles. The number of carbonyl (C=O) groups is 1. The van der Waals surface area contributed by atoms with E-state index in [1.807, 2.05) is 19.1 Å². The number of amides is 1. The first-order valence-corrected chi connectivity index (χ1v) is 7.79. The molecule has 0 radical (unpaired) electrons. The monoisotopic (exact) mass is 340 g/mol. The Bertz CT molecular complexity index is 831. The topological polar surface area (TPSA) is 64.4 Å². The summed E-state index contributed by atoms with van der Waals surface area (Å²) in [6, 6.07) is 12.5. The van der Waals surface area contributed by atoms with Gasteiger partial charge in [0.15, 0.2) is 5.76 Å². The molecule has 3 aromatic rings. The van der Waals surface area contributed by atoms with Crippen molar-refractivity contribution in [1.82, 2.24) is 10.3 Å². The molecule has 2 heterocycles. The van der Waals surface area contributed by atoms with Crippen LogP contribution < -0.4 is 10.1 Å². The summed E-state index contributed by atoms with van der Waals surface area (Å²) in [5, 5.41) is 2.86. The van der Waals surface area contributed by atoms with Gasteiger partial charge in [-0.05, 0) is 61.0 Å². The van der Waals surface area contributed by atoms with Gasteiger partial charge in [-0.3, -0.25) is 9.78 Å². The van der Waals surface area contributed by atoms with Crippen molar-refractivity contribution in [2.24, 2.45) is 0 Å². The highest BCUT2D eigenvalue weighted by Gasteiger charge is 2.15. The van der Waals surface area contributed by atoms with Crippen LogP contribution in [0.3, 0.4) is 0 Å². The smallest absolute Gasteiger partial charge is 0.287 e. The summed E-state index contributed by atoms with van der Waals surface area (Å²) in [5.74, 6) is 0.602. The van der Waals surface area contributed by atoms with E-state index in [1.165, 1.54) is 24.3 Å². The second kappa shape index (κ2) is 7.61. The minimum absolute atomic E-state index is 0.152. The molecular weight excluding hydrogens is 323 g/mol. The van der Waals surface area contributed by atoms with Gasteiger partial charge in [-0.15, -0.1) is 0 Å². The van der Waals surface area contributed by atoms with E-state index in [-0.39, 0.29) is 30.1 Å². The largest absolute Gasteiger partial charge is 0.486 e. The highest BCUT2D eigenvalue weighted by molar-refractivity contribution is 5.91. The molecule has 0 aliphatic heterocycles. The van der Waals surface area contributed by atoms with Crippen LogP contribution in [0.4, 0.5) is 4.39 Å². The fourth-order valence-electron chi connectivity index (χ4n) is 2.27. The minimum Gasteiger partial charge on any atom is -0.486 e. The number of nitrogens with one attached hydrogen (secondary N) is 1. The molecule has 0 saturated heterocycles. The molecule has 0 aliphatic rings. The number of rotatable bonds is 6. The van der Waals surface area contributed by atoms with Crippen LogP contribution in [0.5, 0.6) is 5.75 Å². The first-order valence-electron chi connectivity index (χ1n) is 7.79. The first kappa shape index (κ1) is 16.7. The van der Waals surface area contributed by atoms with Gasteiger partial charge < -0.3 is 14.5 Å². The molecule has 6 heteroatoms. The Morgan fingerprint density at radius 1 is 1.16 bits per heavy atom. The Balaban J connectivity index is 1.57. The Morgan fingerprint density at radius 3 is 2.60 bits per heavy atom. The molecule has 0 spiro atoms. The van der Waals surface area contributed by atoms with Crippen molar-refractivity contribution < 1.29 is 18.3 Å². The number of ether oxygens (including phenoxy) is 1. The zero-order valence-electron chi connectivity index (χ0n) is 13.6. The lowest BCUT2D eigenvalue weighted by Gasteiger charge is -2.12. The van der Waals surface area contributed by atoms with Crippen LogP contribution in [-0.2, 0) is 6.61 Å². The minimum atomic E-state index is -0.326. The van der Waals surface area contributed by atoms with Gasteiger partial charge in [-0.25, -0.2) is 4.39 Å². The molecule has 1 amide bonds. The number of nitrogens with zero attached hydrogens (tertiary/aromatic N) is 1. The van der Waals surface area contributed by atoms with Gasteiger partial charge in [-0.1, -0.05) is 0 Å². The van der Waals surface area contributed by atoms with E-state index < -0.39 is 0 Å². The van der Waals surface area contributed by atoms with Crippen LogP contribution >= 0.6 is 0 Å². The molecule has 0 bridgehead atoms. The number of benzene rings is 1. The SMILES string of the molecule is C[C@@H](NC(=O)c1ccc(COc2ccc(F)cc2)o1)c1ccncc1. The van der Waals surface area contributed by atoms with Crippen molar-refractivity contribution in [3.63, 3.8) is 0 Å². The van der Waals surface area contributed by atoms with Crippen LogP contribution in [0.1, 0.15) is 34.8 Å². The summed E-state index contributed by atoms with van der Waals surface area (Å²) in [7, 11) is 0. The maximum atomic E-state index is 12.8. The van der Waals surface area contributed by atoms with Crippen molar-refractivity contribution in [3.8, 4) is 5.75 Å². The molecule has 0 saturated carbocycles. The summed E-state index contributed by atoms with van der Waals surface area (Å²) < 4.78 is 23.8. The third kappa shape index (κ3) is 4.44. The molecule has 3 rings (SSSR count). The summed E-state index contributed by atoms with van der Waals surface area (Å²) in [4.78, 5) is 16.2. The lowest BCUT2D eigenvalue weighted by molar-refractivity contribution is 0.0907. The quantitative estimate of drug-likeness (QED) is 0.739. The lowest BCUT2D eigenvalue weighted by Crippen LogP contribution is -2.26. The second-order valence-electron chi connectivity index (χ2n) is 5.48. The van der Waals surface area contributed by atoms with E-state index in [0.717, 1.165) is 5.56 Å². The number of pyridine rings is 1. The summed E-state index contributed by atoms with van der Waals surface area (Å²) >= 11 is 0. The van der Waals surface area contributed by atoms with Gasteiger partial charge in [0, 0.05) is 12.4 Å². The fourth-order valence-corrected chi connectivity index (χ4v) is 2.27. The summed E-state index contributed by atoms with van der Waals surface area (Å²) in [6.07, 6.45) is 3.35. The fraction of sp³-hybridized carbons (Fsp3) is 0.158. The van der Waals surface area contributed by atoms with E-state index in [1.54, 1.807) is 24.5 Å². The van der Waals surface area contributed by atoms with Crippen LogP contribution in [0.15, 0.2) is 65.3 Å². The van der Waals surface area contributed by atoms with Gasteiger partial charge in [0.2, 0.25) is 0 Å². The molecule has 0 fully saturated rings. The zero-order valence-corrected chi connectivity index (χ0v) is 13.6. The van der Waals surface area contributed by atoms with Crippen molar-refractivity contribution in [2.45, 2.75) is 19.6 Å². The van der Waals surface area contributed by atoms with E-state index in [2.05, 4.69) is 10.3 Å². The number of furan rings is 1. The molecule has 0 unspecified atom stereocenters. The van der Waals surface area contributed by atoms with Crippen molar-refractivity contribution in [1.29, 1.82) is 0 Å². The first-order chi connectivity index (χ1) is 12.1. The van der Waals surface area contributed by atoms with Crippen LogP contribution in [0, 0.1) is 5.82 Å². The Morgan fingerprint density at radius 2 is 1.88 bits per heavy atom. The predicted octanol–water partition coefficient (Wildman–Crippen LogP) is 3.88. The summed E-state index contributed by atoms with van der Waals surface area (Å²) in [5.41, 5.74) is 0.953. The van der Waals surface area contributed by atoms with Gasteiger partial charge in [-0.2, -0.15) is 0 Å². The van der Waals surface area contributed by atoms with Crippen LogP contribution in [0.25, 0.3) is 0 Å². The van der Waals surface area contributed by atoms with Gasteiger partial charge in [0.25, 0.3) is 5.91 Å². The lowest BCUT2D eigenvalue weighted by atomic mass is 10.1. The normalized spacial score (nSPS) is 11.8. The van der Waals surface area contributed by atoms with E-state index in [0.29, 0.717) is 11.5 Å². The zero-order chi connectivity index (χ0) is 17.6. The molecule has 128 valence electrons. The highest BCUT2D eigenvalue weighted by atomic mass is 19.1. The van der Waals surface area contributed by atoms with Gasteiger partial charge in [0.05, 0.1) is 6.04 Å². The maximum absolute atomic E-state index is 12.8. The molecule has 1 N–H and O–H groups in total. The van der Waals surface area contributed by atoms with E-state index in [4.69, 9.17) is 9.15 Å². The average molecular weight is 340 g/mol. The van der Waals surface area contributed by atoms with Crippen molar-refractivity contribution in [2.75, 3.05) is 0 Å². The van der Waals surface area contributed by atoms with E-state index >= 15 is 0 Å². The molecule has 25 heavy (non-hydrogen) atoms. The Labute approximate surface area is 144 Å². The second-order valence-corrected chi connectivity index (χ2v) is 5.48. The van der Waals surface area contributed by atoms with Crippen molar-refractivity contribution in [3.05, 3.63) is 83.8 Å². The van der Waals surface area contributed by atoms with Crippen LogP contribution in [0.2, 0.25) is 0 Å². The maximum Gasteiger partial charge on any atom is 0.287 e. The Kier molecular flexibility index (Phi) is 5.09. The van der Waals surface area contributed by atoms with Gasteiger partial charge >= 0.3 is 0 Å². The highest BCUT2D eigenvalue weighted by Crippen LogP contribution is 2.16. The number of hydrogen-bond acceptors (Lipinski definition) is 4. The predicted molar refractivity (Wildman–Crippen MR) is 89.6 cm³/mol. The average Bonchev–Trinajstić information content (AvgIpc) is 3.11. The van der Waals surface area contributed by atoms with Crippen molar-refractivity contribution >= 4 is 5.91 Å². The number of halogens is 1. The summed E-state index contributed by atoms with van der Waals surface area (Å²) in [6.45, 7) is 2.04.